The molecule has 2 heterocycles. The summed E-state index contributed by atoms with van der Waals surface area (Å²) >= 11 is 0. The van der Waals surface area contributed by atoms with Crippen molar-refractivity contribution in [3.63, 3.8) is 0 Å². The summed E-state index contributed by atoms with van der Waals surface area (Å²) in [6.45, 7) is 6.95. The molecule has 1 saturated carbocycles. The first-order valence-electron chi connectivity index (χ1n) is 8.89. The van der Waals surface area contributed by atoms with E-state index in [4.69, 9.17) is 4.74 Å². The lowest BCUT2D eigenvalue weighted by Crippen LogP contribution is -2.47. The molecule has 4 rings (SSSR count). The van der Waals surface area contributed by atoms with Crippen molar-refractivity contribution in [3.05, 3.63) is 29.8 Å². The van der Waals surface area contributed by atoms with Crippen molar-refractivity contribution < 1.29 is 4.74 Å². The Morgan fingerprint density at radius 3 is 2.55 bits per heavy atom. The summed E-state index contributed by atoms with van der Waals surface area (Å²) in [7, 11) is 0. The quantitative estimate of drug-likeness (QED) is 0.924. The average molecular weight is 300 g/mol. The van der Waals surface area contributed by atoms with Crippen LogP contribution in [0.15, 0.2) is 24.3 Å². The van der Waals surface area contributed by atoms with Gasteiger partial charge in [-0.15, -0.1) is 0 Å². The number of nitrogens with one attached hydrogen (secondary N) is 1. The van der Waals surface area contributed by atoms with Crippen molar-refractivity contribution in [2.24, 2.45) is 0 Å². The van der Waals surface area contributed by atoms with Crippen LogP contribution < -0.4 is 10.1 Å². The van der Waals surface area contributed by atoms with E-state index in [1.54, 1.807) is 0 Å². The molecular formula is C19H28N2O. The third kappa shape index (κ3) is 3.02. The highest BCUT2D eigenvalue weighted by atomic mass is 16.5. The molecule has 22 heavy (non-hydrogen) atoms. The fourth-order valence-electron chi connectivity index (χ4n) is 4.11. The molecule has 0 spiro atoms. The molecule has 120 valence electrons. The van der Waals surface area contributed by atoms with E-state index in [0.29, 0.717) is 12.1 Å². The molecule has 1 aromatic rings. The highest BCUT2D eigenvalue weighted by molar-refractivity contribution is 5.38. The van der Waals surface area contributed by atoms with Gasteiger partial charge in [-0.25, -0.2) is 0 Å². The molecule has 1 aromatic carbocycles. The van der Waals surface area contributed by atoms with E-state index in [9.17, 15) is 0 Å². The molecule has 1 aliphatic carbocycles. The van der Waals surface area contributed by atoms with Crippen molar-refractivity contribution in [3.8, 4) is 5.75 Å². The van der Waals surface area contributed by atoms with Crippen molar-refractivity contribution in [2.45, 2.75) is 69.7 Å². The topological polar surface area (TPSA) is 24.5 Å². The van der Waals surface area contributed by atoms with Gasteiger partial charge in [0.05, 0.1) is 0 Å². The van der Waals surface area contributed by atoms with Crippen LogP contribution in [0.1, 0.15) is 57.6 Å². The lowest BCUT2D eigenvalue weighted by atomic mass is 9.88. The smallest absolute Gasteiger partial charge is 0.124 e. The van der Waals surface area contributed by atoms with Crippen molar-refractivity contribution >= 4 is 0 Å². The molecule has 3 heteroatoms. The van der Waals surface area contributed by atoms with Gasteiger partial charge in [0, 0.05) is 30.1 Å². The first-order chi connectivity index (χ1) is 10.6. The standard InChI is InChI=1S/C19H28N2O/c1-19(2)13-17(16-5-3-4-6-18(16)22-19)20-14-9-11-21(12-10-14)15-7-8-15/h3-6,14-15,17,20H,7-13H2,1-2H3. The first-order valence-corrected chi connectivity index (χ1v) is 8.89. The summed E-state index contributed by atoms with van der Waals surface area (Å²) < 4.78 is 6.15. The average Bonchev–Trinajstić information content (AvgIpc) is 3.31. The van der Waals surface area contributed by atoms with Gasteiger partial charge in [-0.05, 0) is 58.7 Å². The van der Waals surface area contributed by atoms with Crippen LogP contribution in [0.3, 0.4) is 0 Å². The van der Waals surface area contributed by atoms with E-state index in [0.717, 1.165) is 18.2 Å². The Labute approximate surface area is 134 Å². The number of hydrogen-bond donors (Lipinski definition) is 1. The van der Waals surface area contributed by atoms with Crippen LogP contribution in [-0.4, -0.2) is 35.7 Å². The molecule has 2 aliphatic heterocycles. The van der Waals surface area contributed by atoms with Crippen LogP contribution in [0.5, 0.6) is 5.75 Å². The molecule has 0 amide bonds. The number of benzene rings is 1. The van der Waals surface area contributed by atoms with Gasteiger partial charge in [0.15, 0.2) is 0 Å². The Morgan fingerprint density at radius 2 is 1.82 bits per heavy atom. The van der Waals surface area contributed by atoms with E-state index in [-0.39, 0.29) is 5.60 Å². The monoisotopic (exact) mass is 300 g/mol. The van der Waals surface area contributed by atoms with Crippen LogP contribution >= 0.6 is 0 Å². The second kappa shape index (κ2) is 5.54. The summed E-state index contributed by atoms with van der Waals surface area (Å²) in [5.41, 5.74) is 1.26. The normalized spacial score (nSPS) is 28.9. The van der Waals surface area contributed by atoms with Crippen LogP contribution in [0.4, 0.5) is 0 Å². The number of piperidine rings is 1. The molecule has 3 aliphatic rings. The number of likely N-dealkylation sites (tertiary alicyclic amines) is 1. The Hall–Kier alpha value is -1.06. The minimum atomic E-state index is -0.0826. The number of hydrogen-bond acceptors (Lipinski definition) is 3. The fraction of sp³-hybridized carbons (Fsp3) is 0.684. The zero-order valence-electron chi connectivity index (χ0n) is 13.8. The maximum atomic E-state index is 6.15. The predicted molar refractivity (Wildman–Crippen MR) is 89.3 cm³/mol. The van der Waals surface area contributed by atoms with Gasteiger partial charge in [-0.2, -0.15) is 0 Å². The molecule has 0 bridgehead atoms. The molecule has 3 nitrogen and oxygen atoms in total. The number of para-hydroxylation sites is 1. The number of nitrogens with zero attached hydrogens (tertiary/aromatic N) is 1. The van der Waals surface area contributed by atoms with Crippen molar-refractivity contribution in [1.29, 1.82) is 0 Å². The van der Waals surface area contributed by atoms with Gasteiger partial charge in [0.2, 0.25) is 0 Å². The SMILES string of the molecule is CC1(C)CC(NC2CCN(C3CC3)CC2)c2ccccc2O1. The van der Waals surface area contributed by atoms with Crippen LogP contribution in [0.25, 0.3) is 0 Å². The summed E-state index contributed by atoms with van der Waals surface area (Å²) in [6.07, 6.45) is 6.49. The third-order valence-electron chi connectivity index (χ3n) is 5.41. The largest absolute Gasteiger partial charge is 0.487 e. The molecule has 1 atom stereocenters. The van der Waals surface area contributed by atoms with Gasteiger partial charge in [0.1, 0.15) is 11.4 Å². The van der Waals surface area contributed by atoms with E-state index in [1.807, 2.05) is 0 Å². The Kier molecular flexibility index (Phi) is 3.66. The molecule has 2 fully saturated rings. The number of rotatable bonds is 3. The number of fused-ring (bicyclic) bond motifs is 1. The van der Waals surface area contributed by atoms with Gasteiger partial charge in [0.25, 0.3) is 0 Å². The lowest BCUT2D eigenvalue weighted by Gasteiger charge is -2.41. The molecule has 1 N–H and O–H groups in total. The number of ether oxygens (including phenoxy) is 1. The van der Waals surface area contributed by atoms with E-state index < -0.39 is 0 Å². The van der Waals surface area contributed by atoms with Gasteiger partial charge in [-0.1, -0.05) is 18.2 Å². The summed E-state index contributed by atoms with van der Waals surface area (Å²) in [5.74, 6) is 1.06. The molecule has 1 saturated heterocycles. The minimum Gasteiger partial charge on any atom is -0.487 e. The Morgan fingerprint density at radius 1 is 1.09 bits per heavy atom. The first kappa shape index (κ1) is 14.5. The van der Waals surface area contributed by atoms with Gasteiger partial charge < -0.3 is 15.0 Å². The maximum absolute atomic E-state index is 6.15. The highest BCUT2D eigenvalue weighted by Gasteiger charge is 2.36. The van der Waals surface area contributed by atoms with Gasteiger partial charge in [-0.3, -0.25) is 0 Å². The molecule has 0 radical (unpaired) electrons. The van der Waals surface area contributed by atoms with Gasteiger partial charge >= 0.3 is 0 Å². The summed E-state index contributed by atoms with van der Waals surface area (Å²) in [6, 6.07) is 10.5. The molecule has 1 unspecified atom stereocenters. The minimum absolute atomic E-state index is 0.0826. The van der Waals surface area contributed by atoms with Crippen LogP contribution in [0.2, 0.25) is 0 Å². The second-order valence-electron chi connectivity index (χ2n) is 7.86. The zero-order chi connectivity index (χ0) is 15.2. The Balaban J connectivity index is 1.43. The fourth-order valence-corrected chi connectivity index (χ4v) is 4.11. The van der Waals surface area contributed by atoms with Crippen molar-refractivity contribution in [2.75, 3.05) is 13.1 Å². The van der Waals surface area contributed by atoms with Crippen molar-refractivity contribution in [1.82, 2.24) is 10.2 Å². The highest BCUT2D eigenvalue weighted by Crippen LogP contribution is 2.40. The Bertz CT molecular complexity index is 530. The van der Waals surface area contributed by atoms with E-state index >= 15 is 0 Å². The summed E-state index contributed by atoms with van der Waals surface area (Å²) in [5, 5.41) is 3.94. The lowest BCUT2D eigenvalue weighted by molar-refractivity contribution is 0.0604. The molecular weight excluding hydrogens is 272 g/mol. The maximum Gasteiger partial charge on any atom is 0.124 e. The molecule has 0 aromatic heterocycles. The van der Waals surface area contributed by atoms with Crippen LogP contribution in [0, 0.1) is 0 Å². The zero-order valence-corrected chi connectivity index (χ0v) is 13.8. The second-order valence-corrected chi connectivity index (χ2v) is 7.86. The summed E-state index contributed by atoms with van der Waals surface area (Å²) in [4.78, 5) is 2.69. The van der Waals surface area contributed by atoms with E-state index in [1.165, 1.54) is 44.3 Å². The van der Waals surface area contributed by atoms with E-state index in [2.05, 4.69) is 48.3 Å². The third-order valence-corrected chi connectivity index (χ3v) is 5.41. The van der Waals surface area contributed by atoms with Crippen LogP contribution in [-0.2, 0) is 0 Å². The predicted octanol–water partition coefficient (Wildman–Crippen LogP) is 3.51.